The molecule has 0 saturated heterocycles. The van der Waals surface area contributed by atoms with Crippen LogP contribution in [0.3, 0.4) is 0 Å². The van der Waals surface area contributed by atoms with Crippen LogP contribution in [0.2, 0.25) is 0 Å². The van der Waals surface area contributed by atoms with E-state index in [0.717, 1.165) is 122 Å². The van der Waals surface area contributed by atoms with Gasteiger partial charge in [0.25, 0.3) is 0 Å². The maximum atomic E-state index is 12.8. The number of aliphatic hydroxyl groups is 1. The lowest BCUT2D eigenvalue weighted by molar-refractivity contribution is -0.870. The molecule has 8 nitrogen and oxygen atoms in total. The lowest BCUT2D eigenvalue weighted by atomic mass is 10.0. The van der Waals surface area contributed by atoms with Crippen molar-refractivity contribution >= 4 is 13.7 Å². The monoisotopic (exact) mass is 896 g/mol. The minimum atomic E-state index is -4.31. The van der Waals surface area contributed by atoms with E-state index < -0.39 is 20.0 Å². The second kappa shape index (κ2) is 44.1. The topological polar surface area (TPSA) is 105 Å². The second-order valence-corrected chi connectivity index (χ2v) is 18.6. The molecule has 3 unspecified atom stereocenters. The van der Waals surface area contributed by atoms with E-state index in [0.29, 0.717) is 23.9 Å². The summed E-state index contributed by atoms with van der Waals surface area (Å²) in [6, 6.07) is -0.773. The smallest absolute Gasteiger partial charge is 0.391 e. The first-order chi connectivity index (χ1) is 30.5. The van der Waals surface area contributed by atoms with Gasteiger partial charge >= 0.3 is 7.82 Å². The fraction of sp³-hybridized carbons (Fsp3) is 0.611. The summed E-state index contributed by atoms with van der Waals surface area (Å²) in [6.07, 6.45) is 66.0. The van der Waals surface area contributed by atoms with Gasteiger partial charge in [0.15, 0.2) is 0 Å². The van der Waals surface area contributed by atoms with Crippen LogP contribution in [0.4, 0.5) is 0 Å². The van der Waals surface area contributed by atoms with E-state index in [1.54, 1.807) is 0 Å². The van der Waals surface area contributed by atoms with Gasteiger partial charge in [-0.25, -0.2) is 4.57 Å². The maximum Gasteiger partial charge on any atom is 0.472 e. The van der Waals surface area contributed by atoms with Crippen molar-refractivity contribution in [3.05, 3.63) is 122 Å². The van der Waals surface area contributed by atoms with E-state index in [9.17, 15) is 19.4 Å². The van der Waals surface area contributed by atoms with E-state index in [1.807, 2.05) is 21.1 Å². The number of nitrogens with zero attached hydrogens (tertiary/aromatic N) is 1. The predicted octanol–water partition coefficient (Wildman–Crippen LogP) is 14.2. The zero-order valence-corrected chi connectivity index (χ0v) is 41.4. The first kappa shape index (κ1) is 59.9. The summed E-state index contributed by atoms with van der Waals surface area (Å²) in [6.45, 7) is 4.60. The molecule has 0 fully saturated rings. The molecule has 358 valence electrons. The number of hydrogen-bond acceptors (Lipinski definition) is 5. The highest BCUT2D eigenvalue weighted by molar-refractivity contribution is 7.47. The van der Waals surface area contributed by atoms with Crippen LogP contribution in [0, 0.1) is 0 Å². The Morgan fingerprint density at radius 1 is 0.556 bits per heavy atom. The number of carbonyl (C=O) groups excluding carboxylic acids is 1. The summed E-state index contributed by atoms with van der Waals surface area (Å²) in [5.41, 5.74) is 0. The fourth-order valence-electron chi connectivity index (χ4n) is 6.13. The van der Waals surface area contributed by atoms with Gasteiger partial charge in [-0.1, -0.05) is 187 Å². The Balaban J connectivity index is 3.99. The normalized spacial score (nSPS) is 15.2. The van der Waals surface area contributed by atoms with Crippen LogP contribution in [0.5, 0.6) is 0 Å². The Bertz CT molecular complexity index is 1430. The number of allylic oxidation sites excluding steroid dienone is 20. The molecule has 0 aromatic carbocycles. The van der Waals surface area contributed by atoms with Gasteiger partial charge < -0.3 is 19.8 Å². The van der Waals surface area contributed by atoms with E-state index in [1.165, 1.54) is 12.8 Å². The van der Waals surface area contributed by atoms with E-state index in [-0.39, 0.29) is 19.1 Å². The van der Waals surface area contributed by atoms with Crippen molar-refractivity contribution in [2.24, 2.45) is 0 Å². The van der Waals surface area contributed by atoms with Gasteiger partial charge in [-0.05, 0) is 89.9 Å². The van der Waals surface area contributed by atoms with Crippen LogP contribution in [0.1, 0.15) is 162 Å². The zero-order valence-electron chi connectivity index (χ0n) is 40.5. The van der Waals surface area contributed by atoms with Crippen molar-refractivity contribution in [3.8, 4) is 0 Å². The van der Waals surface area contributed by atoms with Crippen LogP contribution in [-0.2, 0) is 18.4 Å². The van der Waals surface area contributed by atoms with Crippen molar-refractivity contribution < 1.29 is 32.9 Å². The number of nitrogens with one attached hydrogen (secondary N) is 1. The number of aliphatic hydroxyl groups excluding tert-OH is 1. The van der Waals surface area contributed by atoms with Crippen LogP contribution in [0.25, 0.3) is 0 Å². The number of hydrogen-bond donors (Lipinski definition) is 3. The Kier molecular flexibility index (Phi) is 41.9. The first-order valence-electron chi connectivity index (χ1n) is 24.4. The summed E-state index contributed by atoms with van der Waals surface area (Å²) in [4.78, 5) is 22.9. The number of amides is 1. The molecular formula is C54H92N2O6P+. The average Bonchev–Trinajstić information content (AvgIpc) is 3.24. The third kappa shape index (κ3) is 46.7. The van der Waals surface area contributed by atoms with Crippen molar-refractivity contribution in [2.75, 3.05) is 40.9 Å². The highest BCUT2D eigenvalue weighted by Gasteiger charge is 2.28. The van der Waals surface area contributed by atoms with Crippen LogP contribution < -0.4 is 5.32 Å². The van der Waals surface area contributed by atoms with Crippen LogP contribution in [0.15, 0.2) is 122 Å². The van der Waals surface area contributed by atoms with Crippen molar-refractivity contribution in [1.29, 1.82) is 0 Å². The minimum absolute atomic E-state index is 0.0635. The molecule has 9 heteroatoms. The van der Waals surface area contributed by atoms with Crippen molar-refractivity contribution in [3.63, 3.8) is 0 Å². The van der Waals surface area contributed by atoms with E-state index in [4.69, 9.17) is 9.05 Å². The molecule has 0 spiro atoms. The van der Waals surface area contributed by atoms with Gasteiger partial charge in [-0.15, -0.1) is 0 Å². The molecule has 0 saturated carbocycles. The van der Waals surface area contributed by atoms with Gasteiger partial charge in [0.2, 0.25) is 5.91 Å². The molecule has 1 amide bonds. The second-order valence-electron chi connectivity index (χ2n) is 17.1. The number of carbonyl (C=O) groups is 1. The highest BCUT2D eigenvalue weighted by atomic mass is 31.2. The van der Waals surface area contributed by atoms with E-state index >= 15 is 0 Å². The predicted molar refractivity (Wildman–Crippen MR) is 272 cm³/mol. The third-order valence-corrected chi connectivity index (χ3v) is 11.0. The molecule has 3 atom stereocenters. The fourth-order valence-corrected chi connectivity index (χ4v) is 6.87. The van der Waals surface area contributed by atoms with Gasteiger partial charge in [0.1, 0.15) is 13.2 Å². The molecule has 0 rings (SSSR count). The van der Waals surface area contributed by atoms with Gasteiger partial charge in [0, 0.05) is 6.42 Å². The Morgan fingerprint density at radius 2 is 0.952 bits per heavy atom. The standard InChI is InChI=1S/C54H91N2O6P/c1-6-8-10-12-13-14-15-16-17-18-19-20-21-22-23-24-25-26-27-28-29-30-31-32-33-34-35-36-37-38-39-40-41-42-43-44-46-48-54(58)55-52(53(57)47-45-11-9-7-2)51-62-63(59,60)61-50-49-56(3,4)5/h8,10,13-14,16-17,19-20,22-23,25-26,28-29,31-32,34-35,37-38,52-53,57H,6-7,9,11-12,15,18,21,24,27,30,33,36,39-51H2,1-5H3,(H-,55,58,59,60)/p+1/b10-8-,14-13-,17-16-,20-19-,23-22-,26-25-,29-28-,32-31-,35-34-,38-37-. The summed E-state index contributed by atoms with van der Waals surface area (Å²) in [5.74, 6) is -0.175. The molecule has 0 aromatic heterocycles. The third-order valence-electron chi connectivity index (χ3n) is 9.97. The SMILES string of the molecule is CC/C=C\C/C=C\C/C=C\C/C=C\C/C=C\C/C=C\C/C=C\C/C=C\C/C=C\C/C=C\CCCCCCCCC(=O)NC(COP(=O)(O)OCC[N+](C)(C)C)C(O)CCCCCC. The number of quaternary nitrogens is 1. The van der Waals surface area contributed by atoms with Crippen LogP contribution >= 0.6 is 7.82 Å². The molecule has 63 heavy (non-hydrogen) atoms. The molecule has 0 aromatic rings. The van der Waals surface area contributed by atoms with Gasteiger partial charge in [-0.3, -0.25) is 13.8 Å². The number of phosphoric ester groups is 1. The van der Waals surface area contributed by atoms with E-state index in [2.05, 4.69) is 141 Å². The molecule has 3 N–H and O–H groups in total. The first-order valence-corrected chi connectivity index (χ1v) is 25.9. The highest BCUT2D eigenvalue weighted by Crippen LogP contribution is 2.43. The quantitative estimate of drug-likeness (QED) is 0.0244. The lowest BCUT2D eigenvalue weighted by Crippen LogP contribution is -2.46. The summed E-state index contributed by atoms with van der Waals surface area (Å²) >= 11 is 0. The van der Waals surface area contributed by atoms with Crippen molar-refractivity contribution in [1.82, 2.24) is 5.32 Å². The molecule has 0 aliphatic rings. The Labute approximate surface area is 386 Å². The molecular weight excluding hydrogens is 804 g/mol. The van der Waals surface area contributed by atoms with Gasteiger partial charge in [-0.2, -0.15) is 0 Å². The lowest BCUT2D eigenvalue weighted by Gasteiger charge is -2.26. The maximum absolute atomic E-state index is 12.8. The largest absolute Gasteiger partial charge is 0.472 e. The molecule has 0 heterocycles. The molecule has 0 aliphatic carbocycles. The average molecular weight is 896 g/mol. The molecule has 0 bridgehead atoms. The molecule has 0 aliphatic heterocycles. The van der Waals surface area contributed by atoms with Crippen molar-refractivity contribution in [2.45, 2.75) is 174 Å². The minimum Gasteiger partial charge on any atom is -0.391 e. The molecule has 0 radical (unpaired) electrons. The zero-order chi connectivity index (χ0) is 46.4. The van der Waals surface area contributed by atoms with Crippen LogP contribution in [-0.4, -0.2) is 73.4 Å². The number of phosphoric acid groups is 1. The van der Waals surface area contributed by atoms with Gasteiger partial charge in [0.05, 0.1) is 39.9 Å². The number of rotatable bonds is 42. The Morgan fingerprint density at radius 3 is 1.38 bits per heavy atom. The summed E-state index contributed by atoms with van der Waals surface area (Å²) < 4.78 is 23.4. The Hall–Kier alpha value is -3.10. The summed E-state index contributed by atoms with van der Waals surface area (Å²) in [5, 5.41) is 13.7. The summed E-state index contributed by atoms with van der Waals surface area (Å²) in [7, 11) is 1.58. The number of unbranched alkanes of at least 4 members (excludes halogenated alkanes) is 9. The number of likely N-dealkylation sites (N-methyl/N-ethyl adjacent to an activating group) is 1.